The second kappa shape index (κ2) is 5.01. The van der Waals surface area contributed by atoms with Gasteiger partial charge in [0.2, 0.25) is 0 Å². The number of thiophene rings is 1. The highest BCUT2D eigenvalue weighted by Crippen LogP contribution is 2.34. The largest absolute Gasteiger partial charge is 0.465 e. The zero-order valence-electron chi connectivity index (χ0n) is 10.2. The number of ether oxygens (including phenoxy) is 1. The van der Waals surface area contributed by atoms with Crippen molar-refractivity contribution in [2.24, 2.45) is 0 Å². The van der Waals surface area contributed by atoms with Crippen LogP contribution in [0.5, 0.6) is 0 Å². The summed E-state index contributed by atoms with van der Waals surface area (Å²) in [5.74, 6) is -0.440. The molecule has 0 spiro atoms. The van der Waals surface area contributed by atoms with Gasteiger partial charge >= 0.3 is 5.97 Å². The van der Waals surface area contributed by atoms with Gasteiger partial charge in [-0.2, -0.15) is 0 Å². The van der Waals surface area contributed by atoms with Crippen LogP contribution in [-0.2, 0) is 4.74 Å². The maximum Gasteiger partial charge on any atom is 0.339 e. The first-order valence-corrected chi connectivity index (χ1v) is 7.50. The summed E-state index contributed by atoms with van der Waals surface area (Å²) in [6.45, 7) is 0. The molecule has 0 aliphatic heterocycles. The van der Waals surface area contributed by atoms with Crippen LogP contribution in [0.2, 0.25) is 4.34 Å². The quantitative estimate of drug-likeness (QED) is 0.730. The molecule has 20 heavy (non-hydrogen) atoms. The van der Waals surface area contributed by atoms with Crippen molar-refractivity contribution in [1.82, 2.24) is 9.97 Å². The molecule has 3 rings (SSSR count). The van der Waals surface area contributed by atoms with Crippen LogP contribution in [0.4, 0.5) is 5.13 Å². The van der Waals surface area contributed by atoms with Gasteiger partial charge in [-0.05, 0) is 18.2 Å². The van der Waals surface area contributed by atoms with Crippen molar-refractivity contribution in [1.29, 1.82) is 0 Å². The van der Waals surface area contributed by atoms with E-state index in [1.165, 1.54) is 29.8 Å². The molecule has 0 bridgehead atoms. The van der Waals surface area contributed by atoms with E-state index in [9.17, 15) is 4.79 Å². The summed E-state index contributed by atoms with van der Waals surface area (Å²) in [7, 11) is 1.33. The van der Waals surface area contributed by atoms with Gasteiger partial charge < -0.3 is 10.5 Å². The molecule has 0 aliphatic carbocycles. The lowest BCUT2D eigenvalue weighted by molar-refractivity contribution is 0.0603. The molecule has 0 unspecified atom stereocenters. The Bertz CT molecular complexity index is 812. The minimum atomic E-state index is -0.440. The molecule has 0 aliphatic rings. The Morgan fingerprint density at radius 3 is 2.80 bits per heavy atom. The van der Waals surface area contributed by atoms with Crippen LogP contribution in [0.3, 0.4) is 0 Å². The molecular formula is C12H8ClN3O2S2. The molecule has 0 saturated carbocycles. The van der Waals surface area contributed by atoms with Gasteiger partial charge in [-0.1, -0.05) is 22.9 Å². The summed E-state index contributed by atoms with van der Waals surface area (Å²) in [6.07, 6.45) is 0. The predicted molar refractivity (Wildman–Crippen MR) is 81.5 cm³/mol. The highest BCUT2D eigenvalue weighted by molar-refractivity contribution is 7.22. The third-order valence-electron chi connectivity index (χ3n) is 2.61. The summed E-state index contributed by atoms with van der Waals surface area (Å²) in [6, 6.07) is 5.30. The Morgan fingerprint density at radius 2 is 2.15 bits per heavy atom. The van der Waals surface area contributed by atoms with E-state index in [0.29, 0.717) is 31.1 Å². The number of carbonyl (C=O) groups is 1. The number of aromatic nitrogens is 2. The lowest BCUT2D eigenvalue weighted by atomic mass is 10.2. The number of hydrogen-bond acceptors (Lipinski definition) is 7. The van der Waals surface area contributed by atoms with Gasteiger partial charge in [-0.25, -0.2) is 14.8 Å². The molecule has 3 aromatic rings. The number of nitrogens with zero attached hydrogens (tertiary/aromatic N) is 2. The van der Waals surface area contributed by atoms with Gasteiger partial charge in [0.25, 0.3) is 0 Å². The zero-order valence-corrected chi connectivity index (χ0v) is 12.6. The van der Waals surface area contributed by atoms with Gasteiger partial charge in [0.1, 0.15) is 0 Å². The van der Waals surface area contributed by atoms with Crippen LogP contribution < -0.4 is 5.73 Å². The molecule has 2 N–H and O–H groups in total. The number of carbonyl (C=O) groups excluding carboxylic acids is 1. The van der Waals surface area contributed by atoms with Crippen LogP contribution in [0.25, 0.3) is 20.9 Å². The number of methoxy groups -OCH3 is 1. The van der Waals surface area contributed by atoms with E-state index in [2.05, 4.69) is 9.97 Å². The Balaban J connectivity index is 2.27. The topological polar surface area (TPSA) is 78.1 Å². The normalized spacial score (nSPS) is 10.9. The number of anilines is 1. The smallest absolute Gasteiger partial charge is 0.339 e. The molecule has 0 fully saturated rings. The summed E-state index contributed by atoms with van der Waals surface area (Å²) < 4.78 is 6.08. The van der Waals surface area contributed by atoms with Crippen LogP contribution in [0.15, 0.2) is 18.2 Å². The van der Waals surface area contributed by atoms with Crippen molar-refractivity contribution >= 4 is 55.7 Å². The number of fused-ring (bicyclic) bond motifs is 1. The zero-order chi connectivity index (χ0) is 14.3. The van der Waals surface area contributed by atoms with E-state index in [1.807, 2.05) is 6.07 Å². The van der Waals surface area contributed by atoms with E-state index >= 15 is 0 Å². The Kier molecular flexibility index (Phi) is 3.33. The summed E-state index contributed by atoms with van der Waals surface area (Å²) in [5, 5.41) is 0.360. The second-order valence-electron chi connectivity index (χ2n) is 3.86. The molecule has 0 aromatic carbocycles. The number of rotatable bonds is 2. The van der Waals surface area contributed by atoms with Crippen LogP contribution in [-0.4, -0.2) is 23.0 Å². The first-order chi connectivity index (χ1) is 9.58. The highest BCUT2D eigenvalue weighted by atomic mass is 35.5. The van der Waals surface area contributed by atoms with Crippen molar-refractivity contribution in [3.05, 3.63) is 28.1 Å². The van der Waals surface area contributed by atoms with Crippen molar-refractivity contribution in [3.8, 4) is 10.6 Å². The van der Waals surface area contributed by atoms with E-state index < -0.39 is 5.97 Å². The average molecular weight is 326 g/mol. The third kappa shape index (κ3) is 2.24. The van der Waals surface area contributed by atoms with E-state index in [1.54, 1.807) is 12.1 Å². The molecule has 0 saturated heterocycles. The van der Waals surface area contributed by atoms with E-state index in [-0.39, 0.29) is 0 Å². The molecule has 3 aromatic heterocycles. The van der Waals surface area contributed by atoms with E-state index in [0.717, 1.165) is 4.88 Å². The molecule has 0 radical (unpaired) electrons. The number of hydrogen-bond donors (Lipinski definition) is 1. The fourth-order valence-corrected chi connectivity index (χ4v) is 3.55. The summed E-state index contributed by atoms with van der Waals surface area (Å²) in [4.78, 5) is 21.3. The first-order valence-electron chi connectivity index (χ1n) is 5.49. The highest BCUT2D eigenvalue weighted by Gasteiger charge is 2.18. The molecule has 0 amide bonds. The van der Waals surface area contributed by atoms with Gasteiger partial charge in [0, 0.05) is 0 Å². The van der Waals surface area contributed by atoms with Crippen molar-refractivity contribution in [2.75, 3.05) is 12.8 Å². The summed E-state index contributed by atoms with van der Waals surface area (Å²) in [5.41, 5.74) is 7.16. The van der Waals surface area contributed by atoms with Gasteiger partial charge in [0.15, 0.2) is 10.8 Å². The number of nitrogen functional groups attached to an aromatic ring is 1. The minimum Gasteiger partial charge on any atom is -0.465 e. The maximum absolute atomic E-state index is 11.9. The second-order valence-corrected chi connectivity index (χ2v) is 6.60. The minimum absolute atomic E-state index is 0.360. The molecule has 3 heterocycles. The third-order valence-corrected chi connectivity index (χ3v) is 4.77. The van der Waals surface area contributed by atoms with Gasteiger partial charge in [-0.3, -0.25) is 0 Å². The fourth-order valence-electron chi connectivity index (χ4n) is 1.77. The first kappa shape index (κ1) is 13.3. The Hall–Kier alpha value is -1.70. The predicted octanol–water partition coefficient (Wildman–Crippen LogP) is 3.44. The molecule has 0 atom stereocenters. The van der Waals surface area contributed by atoms with Crippen molar-refractivity contribution in [2.45, 2.75) is 0 Å². The van der Waals surface area contributed by atoms with Gasteiger partial charge in [0.05, 0.1) is 32.3 Å². The fraction of sp³-hybridized carbons (Fsp3) is 0.0833. The molecule has 8 heteroatoms. The molecule has 5 nitrogen and oxygen atoms in total. The lowest BCUT2D eigenvalue weighted by Gasteiger charge is -2.03. The van der Waals surface area contributed by atoms with Crippen LogP contribution in [0.1, 0.15) is 10.4 Å². The molecular weight excluding hydrogens is 318 g/mol. The monoisotopic (exact) mass is 325 g/mol. The number of pyridine rings is 1. The average Bonchev–Trinajstić information content (AvgIpc) is 3.01. The molecule has 102 valence electrons. The number of esters is 1. The number of nitrogens with two attached hydrogens (primary N) is 1. The van der Waals surface area contributed by atoms with Crippen molar-refractivity contribution in [3.63, 3.8) is 0 Å². The number of thiazole rings is 1. The van der Waals surface area contributed by atoms with Gasteiger partial charge in [-0.15, -0.1) is 11.3 Å². The summed E-state index contributed by atoms with van der Waals surface area (Å²) >= 11 is 8.52. The van der Waals surface area contributed by atoms with Crippen molar-refractivity contribution < 1.29 is 9.53 Å². The van der Waals surface area contributed by atoms with E-state index in [4.69, 9.17) is 22.1 Å². The standard InChI is InChI=1S/C12H8ClN3O2S2/c1-18-11(17)5-4-6(7-2-3-8(13)19-7)15-10-9(5)20-12(14)16-10/h2-4H,1H3,(H2,14,15,16). The SMILES string of the molecule is COC(=O)c1cc(-c2ccc(Cl)s2)nc2nc(N)sc12. The number of halogens is 1. The lowest BCUT2D eigenvalue weighted by Crippen LogP contribution is -2.02. The van der Waals surface area contributed by atoms with Crippen LogP contribution in [0, 0.1) is 0 Å². The Morgan fingerprint density at radius 1 is 1.35 bits per heavy atom. The maximum atomic E-state index is 11.9. The van der Waals surface area contributed by atoms with Crippen LogP contribution >= 0.6 is 34.3 Å². The Labute approximate surface area is 127 Å².